The first kappa shape index (κ1) is 24.0. The average Bonchev–Trinajstić information content (AvgIpc) is 3.21. The van der Waals surface area contributed by atoms with E-state index in [0.717, 1.165) is 37.5 Å². The molecule has 0 atom stereocenters. The minimum absolute atomic E-state index is 0.00166. The Hall–Kier alpha value is -3.73. The summed E-state index contributed by atoms with van der Waals surface area (Å²) < 4.78 is 32.0. The molecule has 1 spiro atoms. The number of ether oxygens (including phenoxy) is 1. The Morgan fingerprint density at radius 2 is 1.92 bits per heavy atom. The van der Waals surface area contributed by atoms with Gasteiger partial charge in [-0.1, -0.05) is 0 Å². The van der Waals surface area contributed by atoms with E-state index in [9.17, 15) is 18.0 Å². The number of nitrogens with two attached hydrogens (primary N) is 1. The molecule has 3 aromatic rings. The summed E-state index contributed by atoms with van der Waals surface area (Å²) in [5.74, 6) is -0.633. The number of amides is 2. The van der Waals surface area contributed by atoms with Gasteiger partial charge < -0.3 is 15.8 Å². The summed E-state index contributed by atoms with van der Waals surface area (Å²) in [6.45, 7) is 0. The molecule has 36 heavy (non-hydrogen) atoms. The fourth-order valence-electron chi connectivity index (χ4n) is 5.19. The van der Waals surface area contributed by atoms with E-state index in [1.807, 2.05) is 0 Å². The summed E-state index contributed by atoms with van der Waals surface area (Å²) in [5.41, 5.74) is 7.39. The number of sulfone groups is 1. The normalized spacial score (nSPS) is 22.9. The van der Waals surface area contributed by atoms with Gasteiger partial charge in [0, 0.05) is 42.9 Å². The van der Waals surface area contributed by atoms with Gasteiger partial charge >= 0.3 is 0 Å². The lowest BCUT2D eigenvalue weighted by Crippen LogP contribution is -2.58. The van der Waals surface area contributed by atoms with E-state index in [1.165, 1.54) is 6.07 Å². The summed E-state index contributed by atoms with van der Waals surface area (Å²) in [6.07, 6.45) is 9.27. The minimum atomic E-state index is -3.51. The number of nitrogens with zero attached hydrogens (tertiary/aromatic N) is 3. The van der Waals surface area contributed by atoms with Crippen LogP contribution in [0, 0.1) is 5.41 Å². The molecular formula is C25H27N5O5S. The third kappa shape index (κ3) is 4.70. The predicted octanol–water partition coefficient (Wildman–Crippen LogP) is 2.10. The smallest absolute Gasteiger partial charge is 0.254 e. The third-order valence-electron chi connectivity index (χ3n) is 6.97. The van der Waals surface area contributed by atoms with Crippen LogP contribution in [0.3, 0.4) is 0 Å². The number of aromatic nitrogens is 3. The molecule has 2 saturated carbocycles. The molecule has 188 valence electrons. The molecule has 2 aromatic heterocycles. The van der Waals surface area contributed by atoms with Crippen molar-refractivity contribution in [2.75, 3.05) is 6.26 Å². The molecule has 0 aliphatic heterocycles. The van der Waals surface area contributed by atoms with Crippen LogP contribution < -0.4 is 15.8 Å². The van der Waals surface area contributed by atoms with Gasteiger partial charge in [0.2, 0.25) is 5.88 Å². The van der Waals surface area contributed by atoms with Crippen molar-refractivity contribution >= 4 is 21.7 Å². The van der Waals surface area contributed by atoms with E-state index in [1.54, 1.807) is 54.6 Å². The van der Waals surface area contributed by atoms with Crippen LogP contribution in [0.15, 0.2) is 53.8 Å². The van der Waals surface area contributed by atoms with Crippen molar-refractivity contribution in [3.63, 3.8) is 0 Å². The molecule has 5 rings (SSSR count). The van der Waals surface area contributed by atoms with Gasteiger partial charge in [0.1, 0.15) is 11.7 Å². The van der Waals surface area contributed by atoms with Crippen LogP contribution in [-0.2, 0) is 16.9 Å². The molecule has 0 radical (unpaired) electrons. The monoisotopic (exact) mass is 509 g/mol. The quantitative estimate of drug-likeness (QED) is 0.496. The van der Waals surface area contributed by atoms with E-state index in [2.05, 4.69) is 15.4 Å². The van der Waals surface area contributed by atoms with Crippen LogP contribution in [0.25, 0.3) is 11.1 Å². The van der Waals surface area contributed by atoms with Crippen molar-refractivity contribution in [1.82, 2.24) is 20.1 Å². The Kier molecular flexibility index (Phi) is 5.82. The molecule has 1 aromatic carbocycles. The van der Waals surface area contributed by atoms with Crippen molar-refractivity contribution in [3.05, 3.63) is 60.0 Å². The molecule has 10 nitrogen and oxygen atoms in total. The van der Waals surface area contributed by atoms with E-state index in [0.29, 0.717) is 11.1 Å². The Morgan fingerprint density at radius 1 is 1.17 bits per heavy atom. The van der Waals surface area contributed by atoms with E-state index < -0.39 is 15.7 Å². The summed E-state index contributed by atoms with van der Waals surface area (Å²) in [5, 5.41) is 7.18. The van der Waals surface area contributed by atoms with Crippen molar-refractivity contribution in [1.29, 1.82) is 0 Å². The minimum Gasteiger partial charge on any atom is -0.474 e. The fraction of sp³-hybridized carbons (Fsp3) is 0.360. The second-order valence-corrected chi connectivity index (χ2v) is 11.9. The molecule has 2 aliphatic carbocycles. The largest absolute Gasteiger partial charge is 0.474 e. The van der Waals surface area contributed by atoms with Crippen molar-refractivity contribution in [2.24, 2.45) is 18.2 Å². The number of hydrogen-bond acceptors (Lipinski definition) is 7. The highest BCUT2D eigenvalue weighted by atomic mass is 32.2. The van der Waals surface area contributed by atoms with Gasteiger partial charge in [-0.05, 0) is 67.0 Å². The Bertz CT molecular complexity index is 1450. The van der Waals surface area contributed by atoms with Gasteiger partial charge in [0.05, 0.1) is 11.1 Å². The Labute approximate surface area is 208 Å². The molecule has 0 unspecified atom stereocenters. The maximum absolute atomic E-state index is 13.0. The second-order valence-electron chi connectivity index (χ2n) is 9.87. The van der Waals surface area contributed by atoms with Crippen LogP contribution in [0.5, 0.6) is 5.88 Å². The lowest BCUT2D eigenvalue weighted by atomic mass is 9.53. The number of aryl methyl sites for hydroxylation is 1. The molecule has 0 saturated heterocycles. The highest BCUT2D eigenvalue weighted by Crippen LogP contribution is 2.56. The predicted molar refractivity (Wildman–Crippen MR) is 131 cm³/mol. The molecule has 2 aliphatic rings. The maximum Gasteiger partial charge on any atom is 0.254 e. The van der Waals surface area contributed by atoms with Crippen LogP contribution in [0.2, 0.25) is 0 Å². The van der Waals surface area contributed by atoms with Gasteiger partial charge in [-0.25, -0.2) is 13.4 Å². The molecular weight excluding hydrogens is 482 g/mol. The van der Waals surface area contributed by atoms with Gasteiger partial charge in [-0.3, -0.25) is 14.3 Å². The number of rotatable bonds is 7. The Balaban J connectivity index is 1.21. The van der Waals surface area contributed by atoms with E-state index >= 15 is 0 Å². The van der Waals surface area contributed by atoms with Crippen LogP contribution >= 0.6 is 0 Å². The van der Waals surface area contributed by atoms with Crippen LogP contribution in [0.4, 0.5) is 0 Å². The first-order valence-electron chi connectivity index (χ1n) is 11.6. The Morgan fingerprint density at radius 3 is 2.56 bits per heavy atom. The zero-order valence-corrected chi connectivity index (χ0v) is 20.8. The van der Waals surface area contributed by atoms with Gasteiger partial charge in [-0.15, -0.1) is 0 Å². The maximum atomic E-state index is 13.0. The lowest BCUT2D eigenvalue weighted by Gasteiger charge is -2.57. The van der Waals surface area contributed by atoms with E-state index in [4.69, 9.17) is 10.5 Å². The van der Waals surface area contributed by atoms with Crippen molar-refractivity contribution in [2.45, 2.75) is 42.7 Å². The zero-order valence-electron chi connectivity index (χ0n) is 20.0. The summed E-state index contributed by atoms with van der Waals surface area (Å²) >= 11 is 0. The first-order valence-corrected chi connectivity index (χ1v) is 13.5. The SMILES string of the molecule is Cn1cc(-c2cc(C(=O)NC3CC4(C3)CC(Oc3ncccc3C(N)=O)C4)cc(S(C)(=O)=O)c2)cn1. The first-order chi connectivity index (χ1) is 17.0. The highest BCUT2D eigenvalue weighted by molar-refractivity contribution is 7.90. The molecule has 2 fully saturated rings. The zero-order chi connectivity index (χ0) is 25.7. The summed E-state index contributed by atoms with van der Waals surface area (Å²) in [4.78, 5) is 28.8. The average molecular weight is 510 g/mol. The number of carbonyl (C=O) groups is 2. The van der Waals surface area contributed by atoms with Crippen molar-refractivity contribution < 1.29 is 22.7 Å². The third-order valence-corrected chi connectivity index (χ3v) is 8.06. The van der Waals surface area contributed by atoms with Gasteiger partial charge in [-0.2, -0.15) is 5.10 Å². The number of hydrogen-bond donors (Lipinski definition) is 2. The van der Waals surface area contributed by atoms with Crippen LogP contribution in [-0.4, -0.2) is 53.4 Å². The number of nitrogens with one attached hydrogen (secondary N) is 1. The fourth-order valence-corrected chi connectivity index (χ4v) is 5.87. The van der Waals surface area contributed by atoms with Crippen molar-refractivity contribution in [3.8, 4) is 17.0 Å². The number of pyridine rings is 1. The summed E-state index contributed by atoms with van der Waals surface area (Å²) in [6, 6.07) is 7.88. The molecule has 0 bridgehead atoms. The molecule has 3 N–H and O–H groups in total. The molecule has 11 heteroatoms. The standard InChI is InChI=1S/C25H27N5O5S/c1-30-14-17(13-28-30)15-6-16(8-20(7-15)36(2,33)34)23(32)29-18-9-25(10-18)11-19(12-25)35-24-21(22(26)31)4-3-5-27-24/h3-8,13-14,18-19H,9-12H2,1-2H3,(H2,26,31)(H,29,32). The second kappa shape index (κ2) is 8.74. The van der Waals surface area contributed by atoms with Gasteiger partial charge in [0.25, 0.3) is 11.8 Å². The lowest BCUT2D eigenvalue weighted by molar-refractivity contribution is -0.0848. The highest BCUT2D eigenvalue weighted by Gasteiger charge is 2.54. The number of benzene rings is 1. The molecule has 2 heterocycles. The van der Waals surface area contributed by atoms with Gasteiger partial charge in [0.15, 0.2) is 9.84 Å². The van der Waals surface area contributed by atoms with E-state index in [-0.39, 0.29) is 39.8 Å². The number of primary amides is 1. The van der Waals surface area contributed by atoms with Crippen LogP contribution in [0.1, 0.15) is 46.4 Å². The molecule has 2 amide bonds. The summed E-state index contributed by atoms with van der Waals surface area (Å²) in [7, 11) is -1.74. The number of carbonyl (C=O) groups excluding carboxylic acids is 2. The topological polar surface area (TPSA) is 146 Å².